The van der Waals surface area contributed by atoms with Crippen LogP contribution in [0.4, 0.5) is 11.5 Å². The van der Waals surface area contributed by atoms with Crippen LogP contribution in [0.15, 0.2) is 6.33 Å². The quantitative estimate of drug-likeness (QED) is 0.746. The molecular formula is C13H22N4O2. The topological polar surface area (TPSA) is 93.3 Å². The minimum Gasteiger partial charge on any atom is -0.476 e. The van der Waals surface area contributed by atoms with E-state index in [1.807, 2.05) is 6.92 Å². The van der Waals surface area contributed by atoms with Crippen molar-refractivity contribution in [2.45, 2.75) is 38.6 Å². The molecule has 0 aromatic carbocycles. The van der Waals surface area contributed by atoms with Crippen LogP contribution in [0.1, 0.15) is 32.6 Å². The largest absolute Gasteiger partial charge is 0.476 e. The number of rotatable bonds is 5. The third-order valence-corrected chi connectivity index (χ3v) is 3.59. The molecule has 2 rings (SSSR count). The van der Waals surface area contributed by atoms with Crippen LogP contribution in [0.5, 0.6) is 5.88 Å². The smallest absolute Gasteiger partial charge is 0.242 e. The van der Waals surface area contributed by atoms with E-state index in [9.17, 15) is 5.11 Å². The van der Waals surface area contributed by atoms with Crippen LogP contribution in [0.2, 0.25) is 0 Å². The van der Waals surface area contributed by atoms with Crippen molar-refractivity contribution < 1.29 is 9.84 Å². The second kappa shape index (κ2) is 6.56. The SMILES string of the molecule is CCOc1ncnc(NC2CCCCC2CO)c1N. The van der Waals surface area contributed by atoms with E-state index in [-0.39, 0.29) is 18.6 Å². The maximum Gasteiger partial charge on any atom is 0.242 e. The maximum atomic E-state index is 9.42. The Balaban J connectivity index is 2.11. The third kappa shape index (κ3) is 3.26. The van der Waals surface area contributed by atoms with Gasteiger partial charge in [-0.3, -0.25) is 0 Å². The zero-order valence-corrected chi connectivity index (χ0v) is 11.3. The first-order valence-electron chi connectivity index (χ1n) is 6.87. The Labute approximate surface area is 113 Å². The van der Waals surface area contributed by atoms with Gasteiger partial charge in [-0.25, -0.2) is 4.98 Å². The van der Waals surface area contributed by atoms with Crippen LogP contribution in [0, 0.1) is 5.92 Å². The molecule has 1 aromatic rings. The number of aliphatic hydroxyl groups excluding tert-OH is 1. The predicted octanol–water partition coefficient (Wildman–Crippen LogP) is 1.42. The van der Waals surface area contributed by atoms with E-state index in [2.05, 4.69) is 15.3 Å². The normalized spacial score (nSPS) is 23.1. The zero-order valence-electron chi connectivity index (χ0n) is 11.3. The molecule has 2 atom stereocenters. The lowest BCUT2D eigenvalue weighted by Gasteiger charge is -2.31. The molecule has 2 unspecified atom stereocenters. The van der Waals surface area contributed by atoms with Crippen molar-refractivity contribution in [3.8, 4) is 5.88 Å². The van der Waals surface area contributed by atoms with Crippen molar-refractivity contribution in [1.29, 1.82) is 0 Å². The number of aromatic nitrogens is 2. The molecule has 1 heterocycles. The molecule has 1 saturated carbocycles. The fraction of sp³-hybridized carbons (Fsp3) is 0.692. The highest BCUT2D eigenvalue weighted by Crippen LogP contribution is 2.30. The lowest BCUT2D eigenvalue weighted by Crippen LogP contribution is -2.34. The summed E-state index contributed by atoms with van der Waals surface area (Å²) in [5.41, 5.74) is 6.44. The Bertz CT molecular complexity index is 414. The van der Waals surface area contributed by atoms with E-state index in [4.69, 9.17) is 10.5 Å². The van der Waals surface area contributed by atoms with Gasteiger partial charge in [0.2, 0.25) is 5.88 Å². The number of aliphatic hydroxyl groups is 1. The Morgan fingerprint density at radius 3 is 2.95 bits per heavy atom. The molecule has 6 heteroatoms. The number of hydrogen-bond donors (Lipinski definition) is 3. The first-order chi connectivity index (χ1) is 9.26. The molecule has 0 bridgehead atoms. The van der Waals surface area contributed by atoms with Gasteiger partial charge in [0, 0.05) is 18.6 Å². The van der Waals surface area contributed by atoms with Gasteiger partial charge < -0.3 is 20.9 Å². The summed E-state index contributed by atoms with van der Waals surface area (Å²) in [5, 5.41) is 12.8. The molecule has 0 spiro atoms. The monoisotopic (exact) mass is 266 g/mol. The molecule has 1 aromatic heterocycles. The summed E-state index contributed by atoms with van der Waals surface area (Å²) in [7, 11) is 0. The van der Waals surface area contributed by atoms with E-state index >= 15 is 0 Å². The number of nitrogens with one attached hydrogen (secondary N) is 1. The van der Waals surface area contributed by atoms with Gasteiger partial charge in [0.15, 0.2) is 5.82 Å². The molecule has 4 N–H and O–H groups in total. The molecule has 1 fully saturated rings. The van der Waals surface area contributed by atoms with Crippen LogP contribution in [-0.4, -0.2) is 34.3 Å². The van der Waals surface area contributed by atoms with E-state index in [0.29, 0.717) is 24.0 Å². The molecule has 0 amide bonds. The van der Waals surface area contributed by atoms with Gasteiger partial charge in [0.05, 0.1) is 6.61 Å². The lowest BCUT2D eigenvalue weighted by molar-refractivity contribution is 0.178. The second-order valence-electron chi connectivity index (χ2n) is 4.85. The second-order valence-corrected chi connectivity index (χ2v) is 4.85. The molecular weight excluding hydrogens is 244 g/mol. The summed E-state index contributed by atoms with van der Waals surface area (Å²) < 4.78 is 5.35. The first-order valence-corrected chi connectivity index (χ1v) is 6.87. The van der Waals surface area contributed by atoms with E-state index < -0.39 is 0 Å². The molecule has 6 nitrogen and oxygen atoms in total. The van der Waals surface area contributed by atoms with Crippen LogP contribution in [0.25, 0.3) is 0 Å². The molecule has 1 aliphatic carbocycles. The highest BCUT2D eigenvalue weighted by molar-refractivity contribution is 5.66. The van der Waals surface area contributed by atoms with Crippen molar-refractivity contribution >= 4 is 11.5 Å². The van der Waals surface area contributed by atoms with Crippen LogP contribution < -0.4 is 15.8 Å². The van der Waals surface area contributed by atoms with E-state index in [1.165, 1.54) is 12.7 Å². The van der Waals surface area contributed by atoms with E-state index in [0.717, 1.165) is 19.3 Å². The molecule has 106 valence electrons. The molecule has 0 aliphatic heterocycles. The summed E-state index contributed by atoms with van der Waals surface area (Å²) in [6.07, 6.45) is 5.85. The standard InChI is InChI=1S/C13H22N4O2/c1-2-19-13-11(14)12(15-8-16-13)17-10-6-4-3-5-9(10)7-18/h8-10,18H,2-7,14H2,1H3,(H,15,16,17). The molecule has 19 heavy (non-hydrogen) atoms. The van der Waals surface area contributed by atoms with Gasteiger partial charge in [0.25, 0.3) is 0 Å². The van der Waals surface area contributed by atoms with Gasteiger partial charge in [-0.1, -0.05) is 12.8 Å². The van der Waals surface area contributed by atoms with Crippen LogP contribution >= 0.6 is 0 Å². The Morgan fingerprint density at radius 1 is 1.42 bits per heavy atom. The average Bonchev–Trinajstić information content (AvgIpc) is 2.44. The first kappa shape index (κ1) is 13.9. The van der Waals surface area contributed by atoms with Crippen molar-refractivity contribution in [2.75, 3.05) is 24.3 Å². The predicted molar refractivity (Wildman–Crippen MR) is 74.1 cm³/mol. The third-order valence-electron chi connectivity index (χ3n) is 3.59. The minimum atomic E-state index is 0.195. The van der Waals surface area contributed by atoms with Crippen molar-refractivity contribution in [2.24, 2.45) is 5.92 Å². The highest BCUT2D eigenvalue weighted by Gasteiger charge is 2.25. The van der Waals surface area contributed by atoms with Crippen LogP contribution in [0.3, 0.4) is 0 Å². The summed E-state index contributed by atoms with van der Waals surface area (Å²) in [6.45, 7) is 2.60. The Morgan fingerprint density at radius 2 is 2.21 bits per heavy atom. The van der Waals surface area contributed by atoms with Crippen molar-refractivity contribution in [1.82, 2.24) is 9.97 Å². The molecule has 0 radical (unpaired) electrons. The number of nitrogens with zero attached hydrogens (tertiary/aromatic N) is 2. The van der Waals surface area contributed by atoms with E-state index in [1.54, 1.807) is 0 Å². The Kier molecular flexibility index (Phi) is 4.79. The number of ether oxygens (including phenoxy) is 1. The van der Waals surface area contributed by atoms with Gasteiger partial charge in [-0.15, -0.1) is 0 Å². The van der Waals surface area contributed by atoms with Gasteiger partial charge in [0.1, 0.15) is 12.0 Å². The molecule has 1 aliphatic rings. The fourth-order valence-corrected chi connectivity index (χ4v) is 2.54. The van der Waals surface area contributed by atoms with Gasteiger partial charge >= 0.3 is 0 Å². The summed E-state index contributed by atoms with van der Waals surface area (Å²) in [4.78, 5) is 8.19. The number of anilines is 2. The van der Waals surface area contributed by atoms with Crippen molar-refractivity contribution in [3.05, 3.63) is 6.33 Å². The van der Waals surface area contributed by atoms with Gasteiger partial charge in [-0.05, 0) is 19.8 Å². The number of hydrogen-bond acceptors (Lipinski definition) is 6. The minimum absolute atomic E-state index is 0.195. The summed E-state index contributed by atoms with van der Waals surface area (Å²) in [5.74, 6) is 1.28. The van der Waals surface area contributed by atoms with Crippen molar-refractivity contribution in [3.63, 3.8) is 0 Å². The molecule has 0 saturated heterocycles. The summed E-state index contributed by atoms with van der Waals surface area (Å²) >= 11 is 0. The average molecular weight is 266 g/mol. The van der Waals surface area contributed by atoms with Gasteiger partial charge in [-0.2, -0.15) is 4.98 Å². The zero-order chi connectivity index (χ0) is 13.7. The highest BCUT2D eigenvalue weighted by atomic mass is 16.5. The fourth-order valence-electron chi connectivity index (χ4n) is 2.54. The number of nitrogen functional groups attached to an aromatic ring is 1. The summed E-state index contributed by atoms with van der Waals surface area (Å²) in [6, 6.07) is 0.213. The van der Waals surface area contributed by atoms with Crippen LogP contribution in [-0.2, 0) is 0 Å². The Hall–Kier alpha value is -1.56. The maximum absolute atomic E-state index is 9.42. The number of nitrogens with two attached hydrogens (primary N) is 1. The lowest BCUT2D eigenvalue weighted by atomic mass is 9.85.